The van der Waals surface area contributed by atoms with Crippen LogP contribution >= 0.6 is 0 Å². The van der Waals surface area contributed by atoms with E-state index in [4.69, 9.17) is 9.26 Å². The Hall–Kier alpha value is -2.57. The van der Waals surface area contributed by atoms with E-state index < -0.39 is 5.97 Å². The number of ether oxygens (including phenoxy) is 1. The summed E-state index contributed by atoms with van der Waals surface area (Å²) in [6, 6.07) is 3.82. The third-order valence-corrected chi connectivity index (χ3v) is 6.56. The number of likely N-dealkylation sites (tertiary alicyclic amines) is 1. The van der Waals surface area contributed by atoms with Crippen molar-refractivity contribution in [2.45, 2.75) is 66.8 Å². The van der Waals surface area contributed by atoms with Gasteiger partial charge in [-0.3, -0.25) is 9.36 Å². The quantitative estimate of drug-likeness (QED) is 0.709. The Morgan fingerprint density at radius 1 is 1.20 bits per heavy atom. The van der Waals surface area contributed by atoms with Gasteiger partial charge in [0.2, 0.25) is 0 Å². The largest absolute Gasteiger partial charge is 0.452 e. The molecule has 3 heterocycles. The maximum atomic E-state index is 12.9. The maximum Gasteiger partial charge on any atom is 0.340 e. The molecule has 162 valence electrons. The van der Waals surface area contributed by atoms with Crippen LogP contribution in [0.15, 0.2) is 16.7 Å². The monoisotopic (exact) mass is 413 g/mol. The van der Waals surface area contributed by atoms with Crippen molar-refractivity contribution in [3.8, 4) is 5.82 Å². The average molecular weight is 414 g/mol. The predicted molar refractivity (Wildman–Crippen MR) is 112 cm³/mol. The van der Waals surface area contributed by atoms with Crippen molar-refractivity contribution in [3.63, 3.8) is 0 Å². The van der Waals surface area contributed by atoms with Gasteiger partial charge in [-0.2, -0.15) is 0 Å². The van der Waals surface area contributed by atoms with Crippen LogP contribution in [0.5, 0.6) is 0 Å². The van der Waals surface area contributed by atoms with Gasteiger partial charge in [-0.05, 0) is 56.9 Å². The molecule has 7 heteroatoms. The number of hydrogen-bond donors (Lipinski definition) is 0. The molecule has 1 aliphatic carbocycles. The molecule has 2 atom stereocenters. The first-order chi connectivity index (χ1) is 14.0. The van der Waals surface area contributed by atoms with Crippen molar-refractivity contribution < 1.29 is 18.8 Å². The van der Waals surface area contributed by atoms with Crippen LogP contribution in [0.4, 0.5) is 0 Å². The van der Waals surface area contributed by atoms with E-state index in [0.29, 0.717) is 22.8 Å². The first-order valence-corrected chi connectivity index (χ1v) is 10.6. The highest BCUT2D eigenvalue weighted by Gasteiger charge is 2.50. The zero-order valence-corrected chi connectivity index (χ0v) is 18.7. The van der Waals surface area contributed by atoms with Crippen LogP contribution in [-0.2, 0) is 9.53 Å². The van der Waals surface area contributed by atoms with E-state index in [1.54, 1.807) is 6.07 Å². The fourth-order valence-corrected chi connectivity index (χ4v) is 5.82. The Kier molecular flexibility index (Phi) is 4.83. The smallest absolute Gasteiger partial charge is 0.340 e. The van der Waals surface area contributed by atoms with Gasteiger partial charge in [0.15, 0.2) is 12.4 Å². The Balaban J connectivity index is 1.44. The molecule has 0 radical (unpaired) electrons. The number of aryl methyl sites for hydroxylation is 2. The van der Waals surface area contributed by atoms with Gasteiger partial charge in [0.1, 0.15) is 5.76 Å². The second-order valence-corrected chi connectivity index (χ2v) is 10.2. The maximum absolute atomic E-state index is 12.9. The summed E-state index contributed by atoms with van der Waals surface area (Å²) in [6.07, 6.45) is 3.16. The first-order valence-electron chi connectivity index (χ1n) is 10.6. The third-order valence-electron chi connectivity index (χ3n) is 6.56. The number of carbonyl (C=O) groups is 2. The van der Waals surface area contributed by atoms with E-state index in [2.05, 4.69) is 25.9 Å². The number of rotatable bonds is 4. The third kappa shape index (κ3) is 3.66. The highest BCUT2D eigenvalue weighted by molar-refractivity contribution is 5.93. The number of amides is 1. The number of nitrogens with zero attached hydrogens (tertiary/aromatic N) is 3. The molecule has 30 heavy (non-hydrogen) atoms. The van der Waals surface area contributed by atoms with Crippen molar-refractivity contribution in [2.24, 2.45) is 10.8 Å². The minimum atomic E-state index is -0.489. The van der Waals surface area contributed by atoms with Crippen molar-refractivity contribution in [3.05, 3.63) is 34.8 Å². The lowest BCUT2D eigenvalue weighted by molar-refractivity contribution is -0.135. The fraction of sp³-hybridized carbons (Fsp3) is 0.609. The molecule has 2 bridgehead atoms. The molecular weight excluding hydrogens is 382 g/mol. The number of esters is 1. The summed E-state index contributed by atoms with van der Waals surface area (Å²) in [5, 5.41) is 4.03. The minimum absolute atomic E-state index is 0.101. The fourth-order valence-electron chi connectivity index (χ4n) is 5.82. The average Bonchev–Trinajstić information content (AvgIpc) is 3.25. The van der Waals surface area contributed by atoms with Crippen LogP contribution < -0.4 is 0 Å². The van der Waals surface area contributed by atoms with Crippen LogP contribution in [0.1, 0.15) is 67.5 Å². The highest BCUT2D eigenvalue weighted by Crippen LogP contribution is 2.52. The molecule has 2 aliphatic rings. The van der Waals surface area contributed by atoms with Gasteiger partial charge < -0.3 is 14.2 Å². The molecule has 4 rings (SSSR count). The Bertz CT molecular complexity index is 1000. The first kappa shape index (κ1) is 20.7. The molecule has 7 nitrogen and oxygen atoms in total. The molecule has 0 spiro atoms. The van der Waals surface area contributed by atoms with E-state index in [-0.39, 0.29) is 29.4 Å². The van der Waals surface area contributed by atoms with Crippen LogP contribution in [-0.4, -0.2) is 45.7 Å². The van der Waals surface area contributed by atoms with Gasteiger partial charge in [-0.25, -0.2) is 4.79 Å². The van der Waals surface area contributed by atoms with Crippen LogP contribution in [0, 0.1) is 31.6 Å². The summed E-state index contributed by atoms with van der Waals surface area (Å²) < 4.78 is 12.4. The Morgan fingerprint density at radius 2 is 1.93 bits per heavy atom. The summed E-state index contributed by atoms with van der Waals surface area (Å²) in [5.74, 6) is 0.727. The van der Waals surface area contributed by atoms with E-state index in [1.807, 2.05) is 36.3 Å². The van der Waals surface area contributed by atoms with Gasteiger partial charge >= 0.3 is 5.97 Å². The highest BCUT2D eigenvalue weighted by atomic mass is 16.5. The van der Waals surface area contributed by atoms with E-state index in [1.165, 1.54) is 0 Å². The van der Waals surface area contributed by atoms with Gasteiger partial charge in [-0.1, -0.05) is 25.9 Å². The molecule has 0 aromatic carbocycles. The SMILES string of the molecule is Cc1cc(-n2c(C)cc(C(=O)OCC(=O)N3CC4(C)CC3CC(C)(C)C4)c2C)no1. The van der Waals surface area contributed by atoms with Crippen molar-refractivity contribution in [1.82, 2.24) is 14.6 Å². The zero-order valence-electron chi connectivity index (χ0n) is 18.7. The molecule has 0 N–H and O–H groups in total. The molecular formula is C23H31N3O4. The predicted octanol–water partition coefficient (Wildman–Crippen LogP) is 3.97. The van der Waals surface area contributed by atoms with Crippen LogP contribution in [0.25, 0.3) is 5.82 Å². The zero-order chi connectivity index (χ0) is 21.8. The summed E-state index contributed by atoms with van der Waals surface area (Å²) in [5.41, 5.74) is 2.40. The molecule has 2 aromatic rings. The van der Waals surface area contributed by atoms with E-state index in [0.717, 1.165) is 31.5 Å². The number of hydrogen-bond acceptors (Lipinski definition) is 5. The molecule has 1 aliphatic heterocycles. The van der Waals surface area contributed by atoms with Gasteiger partial charge in [-0.15, -0.1) is 0 Å². The molecule has 2 aromatic heterocycles. The van der Waals surface area contributed by atoms with E-state index >= 15 is 0 Å². The van der Waals surface area contributed by atoms with Crippen LogP contribution in [0.2, 0.25) is 0 Å². The van der Waals surface area contributed by atoms with Crippen molar-refractivity contribution in [1.29, 1.82) is 0 Å². The minimum Gasteiger partial charge on any atom is -0.452 e. The number of carbonyl (C=O) groups excluding carboxylic acids is 2. The Labute approximate surface area is 177 Å². The standard InChI is InChI=1S/C23H31N3O4/c1-14-7-18(16(3)26(14)19-8-15(2)30-24-19)21(28)29-11-20(27)25-13-23(6)10-17(25)9-22(4,5)12-23/h7-8,17H,9-13H2,1-6H3. The molecule has 1 saturated carbocycles. The summed E-state index contributed by atoms with van der Waals surface area (Å²) >= 11 is 0. The van der Waals surface area contributed by atoms with Crippen molar-refractivity contribution >= 4 is 11.9 Å². The van der Waals surface area contributed by atoms with Gasteiger partial charge in [0.25, 0.3) is 5.91 Å². The van der Waals surface area contributed by atoms with Gasteiger partial charge in [0.05, 0.1) is 5.56 Å². The normalized spacial score (nSPS) is 24.9. The topological polar surface area (TPSA) is 77.6 Å². The molecule has 2 fully saturated rings. The summed E-state index contributed by atoms with van der Waals surface area (Å²) in [4.78, 5) is 27.5. The lowest BCUT2D eigenvalue weighted by atomic mass is 9.65. The lowest BCUT2D eigenvalue weighted by Crippen LogP contribution is -2.39. The summed E-state index contributed by atoms with van der Waals surface area (Å²) in [7, 11) is 0. The van der Waals surface area contributed by atoms with Gasteiger partial charge in [0, 0.05) is 30.0 Å². The second-order valence-electron chi connectivity index (χ2n) is 10.2. The second kappa shape index (κ2) is 7.00. The van der Waals surface area contributed by atoms with Crippen molar-refractivity contribution in [2.75, 3.05) is 13.2 Å². The van der Waals surface area contributed by atoms with E-state index in [9.17, 15) is 9.59 Å². The number of fused-ring (bicyclic) bond motifs is 2. The summed E-state index contributed by atoms with van der Waals surface area (Å²) in [6.45, 7) is 12.9. The molecule has 1 amide bonds. The number of aromatic nitrogens is 2. The van der Waals surface area contributed by atoms with Crippen LogP contribution in [0.3, 0.4) is 0 Å². The Morgan fingerprint density at radius 3 is 2.60 bits per heavy atom. The molecule has 2 unspecified atom stereocenters. The lowest BCUT2D eigenvalue weighted by Gasteiger charge is -2.39. The molecule has 1 saturated heterocycles.